The van der Waals surface area contributed by atoms with Crippen molar-refractivity contribution in [3.05, 3.63) is 141 Å². The summed E-state index contributed by atoms with van der Waals surface area (Å²) in [7, 11) is 0. The Morgan fingerprint density at radius 1 is 0.901 bits per heavy atom. The summed E-state index contributed by atoms with van der Waals surface area (Å²) in [6.45, 7) is 9.49. The highest BCUT2D eigenvalue weighted by atomic mass is 32.1. The molecular formula is C60H64N8O10S3. The molecule has 4 amide bonds. The number of aromatic nitrogens is 3. The van der Waals surface area contributed by atoms with Gasteiger partial charge < -0.3 is 44.9 Å². The molecule has 3 atom stereocenters. The highest BCUT2D eigenvalue weighted by Crippen LogP contribution is 2.34. The molecule has 9 rings (SSSR count). The number of aryl methyl sites for hydroxylation is 2. The maximum absolute atomic E-state index is 14.0. The number of likely N-dealkylation sites (tertiary alicyclic amines) is 1. The summed E-state index contributed by atoms with van der Waals surface area (Å²) in [6, 6.07) is 26.8. The predicted octanol–water partition coefficient (Wildman–Crippen LogP) is 8.29. The van der Waals surface area contributed by atoms with Crippen LogP contribution in [0.4, 0.5) is 10.3 Å². The van der Waals surface area contributed by atoms with Crippen LogP contribution < -0.4 is 25.6 Å². The number of β-amino-alcohol motifs (C(OH)–C–C–N with tert-alkyl or cyclic N) is 1. The van der Waals surface area contributed by atoms with E-state index in [0.29, 0.717) is 78.4 Å². The van der Waals surface area contributed by atoms with Crippen molar-refractivity contribution in [2.75, 3.05) is 56.3 Å². The third-order valence-electron chi connectivity index (χ3n) is 13.8. The number of benzene rings is 4. The van der Waals surface area contributed by atoms with Crippen molar-refractivity contribution in [1.29, 1.82) is 0 Å². The molecule has 2 aliphatic heterocycles. The fourth-order valence-corrected chi connectivity index (χ4v) is 12.4. The molecule has 0 saturated carbocycles. The Bertz CT molecular complexity index is 3400. The Hall–Kier alpha value is -7.58. The van der Waals surface area contributed by atoms with Gasteiger partial charge in [0, 0.05) is 55.0 Å². The van der Waals surface area contributed by atoms with Crippen molar-refractivity contribution in [3.63, 3.8) is 0 Å². The van der Waals surface area contributed by atoms with Gasteiger partial charge in [0.1, 0.15) is 24.4 Å². The second-order valence-electron chi connectivity index (χ2n) is 20.8. The lowest BCUT2D eigenvalue weighted by atomic mass is 9.85. The van der Waals surface area contributed by atoms with Gasteiger partial charge >= 0.3 is 5.97 Å². The van der Waals surface area contributed by atoms with Gasteiger partial charge in [-0.1, -0.05) is 92.5 Å². The van der Waals surface area contributed by atoms with Crippen molar-refractivity contribution in [3.8, 4) is 28.0 Å². The number of para-hydroxylation sites is 1. The molecule has 81 heavy (non-hydrogen) atoms. The van der Waals surface area contributed by atoms with Gasteiger partial charge in [-0.25, -0.2) is 19.7 Å². The molecule has 0 spiro atoms. The summed E-state index contributed by atoms with van der Waals surface area (Å²) in [5.41, 5.74) is 8.15. The molecule has 0 radical (unpaired) electrons. The number of anilines is 2. The number of hydrogen-bond donors (Lipinski definition) is 5. The molecule has 3 aromatic heterocycles. The van der Waals surface area contributed by atoms with Crippen LogP contribution in [0, 0.1) is 24.2 Å². The number of thiazole rings is 3. The fourth-order valence-electron chi connectivity index (χ4n) is 9.57. The number of fused-ring (bicyclic) bond motifs is 2. The monoisotopic (exact) mass is 1150 g/mol. The van der Waals surface area contributed by atoms with Crippen LogP contribution in [-0.2, 0) is 49.8 Å². The van der Waals surface area contributed by atoms with E-state index in [9.17, 15) is 34.2 Å². The number of carbonyl (C=O) groups excluding carboxylic acids is 4. The van der Waals surface area contributed by atoms with Crippen molar-refractivity contribution in [2.45, 2.75) is 91.1 Å². The number of carboxylic acid groups (broad SMARTS) is 1. The predicted molar refractivity (Wildman–Crippen MR) is 313 cm³/mol. The largest absolute Gasteiger partial charge is 0.494 e. The van der Waals surface area contributed by atoms with Gasteiger partial charge in [0.05, 0.1) is 58.8 Å². The van der Waals surface area contributed by atoms with Gasteiger partial charge in [0.15, 0.2) is 16.0 Å². The standard InChI is InChI=1S/C60H64N8O10S3/c1-37-52(79-36-62-37)41-21-17-39(18-22-41)32-61-55(72)47-31-42(69)33-68(47)56(73)53(60(2,3)4)64-50(70)35-77-30-29-76-27-8-7-11-38-19-23-43(24-20-38)78-28-10-16-49-51(57(74)75)65-59(81-49)67-26-25-40-12-9-13-44(45(40)34-67)54(71)66-58-63-46-14-5-6-15-48(46)80-58/h5-6,9,12-15,17-24,36,42,47,53,69H,8,10,16,25-35H2,1-4H3,(H,61,72)(H,64,70)(H,74,75)(H,63,66,71)/t42-,47+,53-/m1/s1. The van der Waals surface area contributed by atoms with E-state index in [4.69, 9.17) is 14.2 Å². The van der Waals surface area contributed by atoms with Gasteiger partial charge in [0.2, 0.25) is 17.7 Å². The topological polar surface area (TPSA) is 235 Å². The van der Waals surface area contributed by atoms with Gasteiger partial charge in [-0.05, 0) is 96.3 Å². The Labute approximate surface area is 481 Å². The van der Waals surface area contributed by atoms with E-state index in [1.165, 1.54) is 27.6 Å². The molecular weight excluding hydrogens is 1090 g/mol. The second-order valence-corrected chi connectivity index (χ2v) is 23.7. The molecule has 0 aliphatic carbocycles. The third kappa shape index (κ3) is 15.1. The molecule has 422 valence electrons. The number of carboxylic acids is 1. The number of carbonyl (C=O) groups is 5. The summed E-state index contributed by atoms with van der Waals surface area (Å²) < 4.78 is 18.2. The van der Waals surface area contributed by atoms with E-state index in [-0.39, 0.29) is 56.8 Å². The highest BCUT2D eigenvalue weighted by Gasteiger charge is 2.44. The maximum atomic E-state index is 14.0. The maximum Gasteiger partial charge on any atom is 0.355 e. The molecule has 0 unspecified atom stereocenters. The molecule has 1 fully saturated rings. The van der Waals surface area contributed by atoms with Crippen molar-refractivity contribution < 1.29 is 48.4 Å². The van der Waals surface area contributed by atoms with Crippen LogP contribution in [0.3, 0.4) is 0 Å². The zero-order valence-corrected chi connectivity index (χ0v) is 47.9. The Morgan fingerprint density at radius 2 is 1.69 bits per heavy atom. The van der Waals surface area contributed by atoms with Crippen LogP contribution in [0.25, 0.3) is 20.7 Å². The summed E-state index contributed by atoms with van der Waals surface area (Å²) in [5, 5.41) is 30.5. The van der Waals surface area contributed by atoms with Crippen molar-refractivity contribution in [2.24, 2.45) is 5.41 Å². The number of aliphatic hydroxyl groups is 1. The van der Waals surface area contributed by atoms with E-state index in [1.54, 1.807) is 11.3 Å². The highest BCUT2D eigenvalue weighted by molar-refractivity contribution is 7.22. The lowest BCUT2D eigenvalue weighted by molar-refractivity contribution is -0.144. The number of nitrogens with zero attached hydrogens (tertiary/aromatic N) is 5. The summed E-state index contributed by atoms with van der Waals surface area (Å²) in [4.78, 5) is 85.0. The number of hydrogen-bond acceptors (Lipinski definition) is 16. The second kappa shape index (κ2) is 26.8. The first-order valence-corrected chi connectivity index (χ1v) is 29.3. The van der Waals surface area contributed by atoms with Crippen LogP contribution in [0.5, 0.6) is 5.75 Å². The number of aromatic carboxylic acids is 1. The average Bonchev–Trinajstić information content (AvgIpc) is 4.38. The van der Waals surface area contributed by atoms with E-state index in [1.807, 2.05) is 129 Å². The minimum atomic E-state index is -1.09. The molecule has 5 N–H and O–H groups in total. The average molecular weight is 1150 g/mol. The number of nitrogens with one attached hydrogen (secondary N) is 3. The smallest absolute Gasteiger partial charge is 0.355 e. The lowest BCUT2D eigenvalue weighted by Crippen LogP contribution is -2.58. The van der Waals surface area contributed by atoms with Gasteiger partial charge in [-0.15, -0.1) is 22.7 Å². The molecule has 0 bridgehead atoms. The SMILES string of the molecule is Cc1ncsc1-c1ccc(CNC(=O)[C@@H]2C[C@@H](O)CN2C(=O)[C@@H](NC(=O)COCCOCCC#Cc2ccc(OCCCc3sc(N4CCc5cccc(C(=O)Nc6nc7ccccc7s6)c5C4)nc3C(=O)O)cc2)C(C)(C)C)cc1. The molecule has 4 aromatic carbocycles. The van der Waals surface area contributed by atoms with E-state index >= 15 is 0 Å². The summed E-state index contributed by atoms with van der Waals surface area (Å²) in [6.07, 6.45) is 1.39. The van der Waals surface area contributed by atoms with Crippen LogP contribution in [0.1, 0.15) is 93.7 Å². The van der Waals surface area contributed by atoms with Gasteiger partial charge in [0.25, 0.3) is 5.91 Å². The molecule has 5 heterocycles. The quantitative estimate of drug-likeness (QED) is 0.0317. The molecule has 1 saturated heterocycles. The number of rotatable bonds is 22. The number of amides is 4. The van der Waals surface area contributed by atoms with Gasteiger partial charge in [-0.2, -0.15) is 0 Å². The van der Waals surface area contributed by atoms with E-state index < -0.39 is 41.4 Å². The van der Waals surface area contributed by atoms with Crippen LogP contribution in [0.15, 0.2) is 96.5 Å². The molecule has 7 aromatic rings. The van der Waals surface area contributed by atoms with Gasteiger partial charge in [-0.3, -0.25) is 24.5 Å². The van der Waals surface area contributed by atoms with Crippen molar-refractivity contribution >= 4 is 84.1 Å². The number of aliphatic hydroxyl groups excluding tert-OH is 1. The summed E-state index contributed by atoms with van der Waals surface area (Å²) >= 11 is 4.35. The van der Waals surface area contributed by atoms with Crippen LogP contribution >= 0.6 is 34.0 Å². The Kier molecular flexibility index (Phi) is 19.2. The van der Waals surface area contributed by atoms with Crippen molar-refractivity contribution in [1.82, 2.24) is 30.5 Å². The first-order valence-electron chi connectivity index (χ1n) is 26.8. The molecule has 2 aliphatic rings. The lowest BCUT2D eigenvalue weighted by Gasteiger charge is -2.35. The Morgan fingerprint density at radius 3 is 2.44 bits per heavy atom. The normalized spacial score (nSPS) is 15.4. The van der Waals surface area contributed by atoms with E-state index in [0.717, 1.165) is 48.6 Å². The van der Waals surface area contributed by atoms with Crippen LogP contribution in [-0.4, -0.2) is 124 Å². The first kappa shape index (κ1) is 58.1. The first-order chi connectivity index (χ1) is 39.1. The number of ether oxygens (including phenoxy) is 3. The van der Waals surface area contributed by atoms with Crippen LogP contribution in [0.2, 0.25) is 0 Å². The molecule has 21 heteroatoms. The zero-order chi connectivity index (χ0) is 57.0. The minimum Gasteiger partial charge on any atom is -0.494 e. The molecule has 18 nitrogen and oxygen atoms in total. The minimum absolute atomic E-state index is 0.0286. The third-order valence-corrected chi connectivity index (χ3v) is 16.9. The Balaban J connectivity index is 0.657. The summed E-state index contributed by atoms with van der Waals surface area (Å²) in [5.74, 6) is 4.21. The van der Waals surface area contributed by atoms with E-state index in [2.05, 4.69) is 42.7 Å². The fraction of sp³-hybridized carbons (Fsp3) is 0.367. The zero-order valence-electron chi connectivity index (χ0n) is 45.5.